The number of alkyl halides is 1. The molecule has 0 bridgehead atoms. The number of aromatic nitrogens is 2. The number of aryl methyl sites for hydroxylation is 1. The number of nitrogens with zero attached hydrogens (tertiary/aromatic N) is 3. The summed E-state index contributed by atoms with van der Waals surface area (Å²) in [6.07, 6.45) is 9.60. The third-order valence-corrected chi connectivity index (χ3v) is 7.12. The summed E-state index contributed by atoms with van der Waals surface area (Å²) >= 11 is 0. The van der Waals surface area contributed by atoms with Crippen LogP contribution >= 0.6 is 0 Å². The second kappa shape index (κ2) is 6.96. The van der Waals surface area contributed by atoms with Crippen LogP contribution in [0.5, 0.6) is 0 Å². The summed E-state index contributed by atoms with van der Waals surface area (Å²) in [6.45, 7) is 8.04. The Bertz CT molecular complexity index is 757. The van der Waals surface area contributed by atoms with Crippen molar-refractivity contribution in [3.8, 4) is 0 Å². The fraction of sp³-hybridized carbons (Fsp3) is 0.773. The Morgan fingerprint density at radius 1 is 1.21 bits per heavy atom. The quantitative estimate of drug-likeness (QED) is 0.804. The van der Waals surface area contributed by atoms with Gasteiger partial charge >= 0.3 is 0 Å². The molecule has 154 valence electrons. The number of hydrogen-bond donors (Lipinski definition) is 1. The van der Waals surface area contributed by atoms with Gasteiger partial charge in [-0.2, -0.15) is 0 Å². The molecule has 0 aromatic carbocycles. The topological polar surface area (TPSA) is 58.1 Å². The Morgan fingerprint density at radius 2 is 1.96 bits per heavy atom. The van der Waals surface area contributed by atoms with Crippen LogP contribution in [0, 0.1) is 11.3 Å². The first-order valence-corrected chi connectivity index (χ1v) is 10.8. The maximum Gasteiger partial charge on any atom is 0.257 e. The van der Waals surface area contributed by atoms with E-state index >= 15 is 0 Å². The van der Waals surface area contributed by atoms with Crippen molar-refractivity contribution < 1.29 is 9.18 Å². The predicted molar refractivity (Wildman–Crippen MR) is 108 cm³/mol. The minimum atomic E-state index is -1.85. The molecule has 0 spiro atoms. The number of fused-ring (bicyclic) bond motifs is 2. The highest BCUT2D eigenvalue weighted by atomic mass is 19.1. The Morgan fingerprint density at radius 3 is 2.71 bits per heavy atom. The maximum atomic E-state index is 14.1. The highest BCUT2D eigenvalue weighted by Gasteiger charge is 2.60. The van der Waals surface area contributed by atoms with Crippen molar-refractivity contribution in [3.05, 3.63) is 17.6 Å². The largest absolute Gasteiger partial charge is 0.352 e. The lowest BCUT2D eigenvalue weighted by molar-refractivity contribution is -0.137. The summed E-state index contributed by atoms with van der Waals surface area (Å²) < 4.78 is 14.1. The smallest absolute Gasteiger partial charge is 0.257 e. The molecule has 1 N–H and O–H groups in total. The van der Waals surface area contributed by atoms with Crippen LogP contribution in [0.3, 0.4) is 0 Å². The zero-order valence-corrected chi connectivity index (χ0v) is 17.6. The standard InChI is InChI=1S/C22H33FN4O/c1-21(2)17(26-20(28)22(3,4)23)15-10-8-12-27(18(15)21)19-14-9-6-5-7-11-16(14)24-13-25-19/h13,15,17-18H,5-12H2,1-4H3,(H,26,28). The van der Waals surface area contributed by atoms with E-state index in [0.29, 0.717) is 12.0 Å². The van der Waals surface area contributed by atoms with E-state index in [1.165, 1.54) is 44.4 Å². The molecule has 2 heterocycles. The van der Waals surface area contributed by atoms with Crippen molar-refractivity contribution >= 4 is 11.7 Å². The molecule has 1 aliphatic heterocycles. The molecule has 1 saturated carbocycles. The molecule has 1 aromatic rings. The number of carbonyl (C=O) groups is 1. The summed E-state index contributed by atoms with van der Waals surface area (Å²) in [4.78, 5) is 24.1. The maximum absolute atomic E-state index is 14.1. The Balaban J connectivity index is 1.61. The molecule has 2 aliphatic carbocycles. The molecule has 3 unspecified atom stereocenters. The number of hydrogen-bond acceptors (Lipinski definition) is 4. The van der Waals surface area contributed by atoms with E-state index < -0.39 is 11.6 Å². The fourth-order valence-electron chi connectivity index (χ4n) is 5.72. The second-order valence-electron chi connectivity index (χ2n) is 9.87. The van der Waals surface area contributed by atoms with Crippen molar-refractivity contribution in [2.24, 2.45) is 11.3 Å². The monoisotopic (exact) mass is 388 g/mol. The summed E-state index contributed by atoms with van der Waals surface area (Å²) in [5, 5.41) is 3.02. The zero-order chi connectivity index (χ0) is 20.1. The number of amides is 1. The van der Waals surface area contributed by atoms with Crippen molar-refractivity contribution in [1.82, 2.24) is 15.3 Å². The van der Waals surface area contributed by atoms with Gasteiger partial charge < -0.3 is 10.2 Å². The number of piperidine rings is 1. The molecule has 3 atom stereocenters. The van der Waals surface area contributed by atoms with Crippen LogP contribution in [0.2, 0.25) is 0 Å². The zero-order valence-electron chi connectivity index (χ0n) is 17.6. The molecule has 3 aliphatic rings. The third kappa shape index (κ3) is 3.18. The highest BCUT2D eigenvalue weighted by molar-refractivity contribution is 5.84. The summed E-state index contributed by atoms with van der Waals surface area (Å²) in [6, 6.07) is 0.319. The second-order valence-corrected chi connectivity index (χ2v) is 9.87. The normalized spacial score (nSPS) is 29.2. The van der Waals surface area contributed by atoms with Crippen molar-refractivity contribution in [2.75, 3.05) is 11.4 Å². The third-order valence-electron chi connectivity index (χ3n) is 7.12. The van der Waals surface area contributed by atoms with Crippen molar-refractivity contribution in [1.29, 1.82) is 0 Å². The Labute approximate surface area is 167 Å². The van der Waals surface area contributed by atoms with Crippen LogP contribution < -0.4 is 10.2 Å². The van der Waals surface area contributed by atoms with E-state index in [9.17, 15) is 9.18 Å². The van der Waals surface area contributed by atoms with Crippen molar-refractivity contribution in [3.63, 3.8) is 0 Å². The van der Waals surface area contributed by atoms with Gasteiger partial charge in [0.1, 0.15) is 12.1 Å². The molecule has 1 saturated heterocycles. The van der Waals surface area contributed by atoms with E-state index in [4.69, 9.17) is 4.98 Å². The number of halogens is 1. The van der Waals surface area contributed by atoms with E-state index in [1.54, 1.807) is 6.33 Å². The van der Waals surface area contributed by atoms with Gasteiger partial charge in [0.15, 0.2) is 5.67 Å². The molecule has 6 heteroatoms. The van der Waals surface area contributed by atoms with Gasteiger partial charge in [0, 0.05) is 41.2 Å². The van der Waals surface area contributed by atoms with Crippen LogP contribution in [0.25, 0.3) is 0 Å². The van der Waals surface area contributed by atoms with E-state index in [1.807, 2.05) is 0 Å². The first-order valence-electron chi connectivity index (χ1n) is 10.8. The highest BCUT2D eigenvalue weighted by Crippen LogP contribution is 2.53. The minimum absolute atomic E-state index is 0.00302. The molecule has 5 nitrogen and oxygen atoms in total. The van der Waals surface area contributed by atoms with Crippen LogP contribution in [-0.2, 0) is 17.6 Å². The molecular formula is C22H33FN4O. The van der Waals surface area contributed by atoms with Crippen LogP contribution in [0.4, 0.5) is 10.2 Å². The van der Waals surface area contributed by atoms with Gasteiger partial charge in [0.05, 0.1) is 0 Å². The van der Waals surface area contributed by atoms with Gasteiger partial charge in [-0.05, 0) is 52.4 Å². The van der Waals surface area contributed by atoms with Crippen LogP contribution in [0.15, 0.2) is 6.33 Å². The summed E-state index contributed by atoms with van der Waals surface area (Å²) in [7, 11) is 0. The molecule has 4 rings (SSSR count). The molecule has 1 aromatic heterocycles. The SMILES string of the molecule is CC(C)(F)C(=O)NC1C2CCCN(c3ncnc4c3CCCCC4)C2C1(C)C. The molecular weight excluding hydrogens is 355 g/mol. The lowest BCUT2D eigenvalue weighted by atomic mass is 9.52. The lowest BCUT2D eigenvalue weighted by Gasteiger charge is -2.64. The summed E-state index contributed by atoms with van der Waals surface area (Å²) in [5.74, 6) is 0.939. The van der Waals surface area contributed by atoms with Crippen molar-refractivity contribution in [2.45, 2.75) is 90.4 Å². The number of nitrogens with one attached hydrogen (secondary N) is 1. The van der Waals surface area contributed by atoms with Gasteiger partial charge in [-0.1, -0.05) is 20.3 Å². The van der Waals surface area contributed by atoms with Gasteiger partial charge in [0.25, 0.3) is 5.91 Å². The summed E-state index contributed by atoms with van der Waals surface area (Å²) in [5.41, 5.74) is 0.563. The fourth-order valence-corrected chi connectivity index (χ4v) is 5.72. The van der Waals surface area contributed by atoms with Gasteiger partial charge in [0.2, 0.25) is 0 Å². The molecule has 2 fully saturated rings. The van der Waals surface area contributed by atoms with Crippen LogP contribution in [-0.4, -0.2) is 40.2 Å². The molecule has 1 amide bonds. The number of rotatable bonds is 3. The predicted octanol–water partition coefficient (Wildman–Crippen LogP) is 3.60. The molecule has 0 radical (unpaired) electrons. The first kappa shape index (κ1) is 19.6. The van der Waals surface area contributed by atoms with Gasteiger partial charge in [-0.25, -0.2) is 14.4 Å². The minimum Gasteiger partial charge on any atom is -0.352 e. The molecule has 28 heavy (non-hydrogen) atoms. The van der Waals surface area contributed by atoms with E-state index in [0.717, 1.165) is 38.0 Å². The number of anilines is 1. The van der Waals surface area contributed by atoms with E-state index in [-0.39, 0.29) is 11.5 Å². The van der Waals surface area contributed by atoms with E-state index in [2.05, 4.69) is 29.0 Å². The van der Waals surface area contributed by atoms with Gasteiger partial charge in [-0.15, -0.1) is 0 Å². The first-order chi connectivity index (χ1) is 13.2. The Hall–Kier alpha value is -1.72. The Kier molecular flexibility index (Phi) is 4.87. The average molecular weight is 389 g/mol. The van der Waals surface area contributed by atoms with Gasteiger partial charge in [-0.3, -0.25) is 4.79 Å². The van der Waals surface area contributed by atoms with Crippen LogP contribution in [0.1, 0.15) is 71.1 Å². The lowest BCUT2D eigenvalue weighted by Crippen LogP contribution is -2.75. The average Bonchev–Trinajstić information content (AvgIpc) is 2.89. The number of carbonyl (C=O) groups excluding carboxylic acids is 1.